The normalized spacial score (nSPS) is 13.6. The van der Waals surface area contributed by atoms with E-state index >= 15 is 0 Å². The van der Waals surface area contributed by atoms with Crippen molar-refractivity contribution in [2.75, 3.05) is 50.6 Å². The lowest BCUT2D eigenvalue weighted by atomic mass is 10.1. The van der Waals surface area contributed by atoms with Crippen molar-refractivity contribution in [2.45, 2.75) is 0 Å². The largest absolute Gasteiger partial charge is 0.493 e. The van der Waals surface area contributed by atoms with Gasteiger partial charge >= 0.3 is 6.03 Å². The number of methoxy groups -OCH3 is 2. The smallest absolute Gasteiger partial charge is 0.321 e. The van der Waals surface area contributed by atoms with Crippen LogP contribution in [0.4, 0.5) is 16.3 Å². The van der Waals surface area contributed by atoms with Gasteiger partial charge in [0.2, 0.25) is 0 Å². The van der Waals surface area contributed by atoms with Crippen molar-refractivity contribution in [3.63, 3.8) is 0 Å². The fraction of sp³-hybridized carbons (Fsp3) is 0.261. The second kappa shape index (κ2) is 9.86. The third-order valence-corrected chi connectivity index (χ3v) is 6.03. The van der Waals surface area contributed by atoms with Crippen LogP contribution in [0, 0.1) is 0 Å². The second-order valence-corrected chi connectivity index (χ2v) is 8.07. The zero-order valence-electron chi connectivity index (χ0n) is 17.9. The summed E-state index contributed by atoms with van der Waals surface area (Å²) in [5.41, 5.74) is 2.47. The molecule has 32 heavy (non-hydrogen) atoms. The first-order valence-electron chi connectivity index (χ1n) is 10.2. The molecule has 3 aromatic rings. The summed E-state index contributed by atoms with van der Waals surface area (Å²) in [6.07, 6.45) is 1.56. The highest BCUT2D eigenvalue weighted by atomic mass is 79.9. The number of rotatable bonds is 5. The van der Waals surface area contributed by atoms with E-state index in [2.05, 4.69) is 36.1 Å². The van der Waals surface area contributed by atoms with E-state index in [4.69, 9.17) is 9.47 Å². The van der Waals surface area contributed by atoms with E-state index in [1.165, 1.54) is 0 Å². The molecule has 0 saturated carbocycles. The molecule has 0 spiro atoms. The molecule has 2 aromatic carbocycles. The Hall–Kier alpha value is -3.33. The van der Waals surface area contributed by atoms with Gasteiger partial charge in [0.1, 0.15) is 12.1 Å². The Balaban J connectivity index is 1.42. The lowest BCUT2D eigenvalue weighted by Gasteiger charge is -2.35. The number of ether oxygens (including phenoxy) is 2. The molecule has 0 unspecified atom stereocenters. The number of urea groups is 1. The predicted octanol–water partition coefficient (Wildman–Crippen LogP) is 4.28. The van der Waals surface area contributed by atoms with E-state index in [-0.39, 0.29) is 6.03 Å². The van der Waals surface area contributed by atoms with Crippen molar-refractivity contribution in [3.8, 4) is 22.8 Å². The van der Waals surface area contributed by atoms with Crippen LogP contribution in [0.3, 0.4) is 0 Å². The standard InChI is InChI=1S/C23H24BrN5O3/c1-31-20-8-7-16(13-21(20)32-2)19-14-22(26-15-25-19)28-9-11-29(12-10-28)23(30)27-18-6-4-3-5-17(18)24/h3-8,13-15H,9-12H2,1-2H3,(H,27,30). The van der Waals surface area contributed by atoms with Crippen molar-refractivity contribution < 1.29 is 14.3 Å². The van der Waals surface area contributed by atoms with Crippen molar-refractivity contribution in [3.05, 3.63) is 59.3 Å². The van der Waals surface area contributed by atoms with Gasteiger partial charge in [-0.3, -0.25) is 0 Å². The molecule has 0 radical (unpaired) electrons. The first-order valence-corrected chi connectivity index (χ1v) is 11.0. The summed E-state index contributed by atoms with van der Waals surface area (Å²) in [4.78, 5) is 25.5. The Morgan fingerprint density at radius 3 is 2.44 bits per heavy atom. The Labute approximate surface area is 195 Å². The maximum Gasteiger partial charge on any atom is 0.321 e. The molecule has 2 heterocycles. The molecule has 1 aromatic heterocycles. The Morgan fingerprint density at radius 1 is 0.969 bits per heavy atom. The van der Waals surface area contributed by atoms with E-state index in [0.717, 1.165) is 27.2 Å². The van der Waals surface area contributed by atoms with Crippen molar-refractivity contribution in [1.82, 2.24) is 14.9 Å². The fourth-order valence-electron chi connectivity index (χ4n) is 3.57. The minimum atomic E-state index is -0.106. The van der Waals surface area contributed by atoms with Gasteiger partial charge in [-0.1, -0.05) is 12.1 Å². The number of amides is 2. The van der Waals surface area contributed by atoms with Crippen LogP contribution in [0.25, 0.3) is 11.3 Å². The number of benzene rings is 2. The van der Waals surface area contributed by atoms with E-state index in [1.807, 2.05) is 53.4 Å². The zero-order valence-corrected chi connectivity index (χ0v) is 19.5. The molecule has 0 aliphatic carbocycles. The van der Waals surface area contributed by atoms with Gasteiger partial charge < -0.3 is 24.6 Å². The van der Waals surface area contributed by atoms with Gasteiger partial charge in [0.25, 0.3) is 0 Å². The number of piperazine rings is 1. The van der Waals surface area contributed by atoms with E-state index in [1.54, 1.807) is 20.5 Å². The molecule has 9 heteroatoms. The van der Waals surface area contributed by atoms with Crippen LogP contribution < -0.4 is 19.7 Å². The molecule has 1 aliphatic heterocycles. The number of nitrogens with one attached hydrogen (secondary N) is 1. The van der Waals surface area contributed by atoms with Crippen molar-refractivity contribution >= 4 is 33.5 Å². The maximum absolute atomic E-state index is 12.6. The van der Waals surface area contributed by atoms with Gasteiger partial charge in [0.15, 0.2) is 11.5 Å². The van der Waals surface area contributed by atoms with Crippen LogP contribution in [0.2, 0.25) is 0 Å². The SMILES string of the molecule is COc1ccc(-c2cc(N3CCN(C(=O)Nc4ccccc4Br)CC3)ncn2)cc1OC. The zero-order chi connectivity index (χ0) is 22.5. The van der Waals surface area contributed by atoms with Crippen LogP contribution in [0.1, 0.15) is 0 Å². The number of carbonyl (C=O) groups excluding carboxylic acids is 1. The summed E-state index contributed by atoms with van der Waals surface area (Å²) in [5.74, 6) is 2.15. The summed E-state index contributed by atoms with van der Waals surface area (Å²) in [5, 5.41) is 2.96. The number of hydrogen-bond acceptors (Lipinski definition) is 6. The van der Waals surface area contributed by atoms with Gasteiger partial charge in [-0.2, -0.15) is 0 Å². The van der Waals surface area contributed by atoms with Gasteiger partial charge in [0, 0.05) is 42.3 Å². The average molecular weight is 498 g/mol. The molecule has 8 nitrogen and oxygen atoms in total. The van der Waals surface area contributed by atoms with Crippen LogP contribution in [0.15, 0.2) is 59.3 Å². The first kappa shape index (κ1) is 21.9. The minimum absolute atomic E-state index is 0.106. The van der Waals surface area contributed by atoms with Gasteiger partial charge in [0.05, 0.1) is 25.6 Å². The quantitative estimate of drug-likeness (QED) is 0.566. The highest BCUT2D eigenvalue weighted by molar-refractivity contribution is 9.10. The summed E-state index contributed by atoms with van der Waals surface area (Å²) < 4.78 is 11.6. The molecule has 1 aliphatic rings. The lowest BCUT2D eigenvalue weighted by molar-refractivity contribution is 0.208. The third kappa shape index (κ3) is 4.77. The summed E-state index contributed by atoms with van der Waals surface area (Å²) >= 11 is 3.46. The second-order valence-electron chi connectivity index (χ2n) is 7.22. The monoisotopic (exact) mass is 497 g/mol. The third-order valence-electron chi connectivity index (χ3n) is 5.34. The van der Waals surface area contributed by atoms with Gasteiger partial charge in [-0.05, 0) is 46.3 Å². The first-order chi connectivity index (χ1) is 15.6. The van der Waals surface area contributed by atoms with Gasteiger partial charge in [-0.25, -0.2) is 14.8 Å². The maximum atomic E-state index is 12.6. The van der Waals surface area contributed by atoms with E-state index in [0.29, 0.717) is 37.7 Å². The Bertz CT molecular complexity index is 1100. The summed E-state index contributed by atoms with van der Waals surface area (Å²) in [7, 11) is 3.22. The fourth-order valence-corrected chi connectivity index (χ4v) is 3.95. The summed E-state index contributed by atoms with van der Waals surface area (Å²) in [6, 6.07) is 15.1. The topological polar surface area (TPSA) is 79.8 Å². The number of para-hydroxylation sites is 1. The van der Waals surface area contributed by atoms with Crippen LogP contribution in [-0.4, -0.2) is 61.3 Å². The average Bonchev–Trinajstić information content (AvgIpc) is 2.85. The minimum Gasteiger partial charge on any atom is -0.493 e. The molecule has 4 rings (SSSR count). The van der Waals surface area contributed by atoms with Crippen LogP contribution >= 0.6 is 15.9 Å². The van der Waals surface area contributed by atoms with Crippen molar-refractivity contribution in [1.29, 1.82) is 0 Å². The number of aromatic nitrogens is 2. The molecular weight excluding hydrogens is 474 g/mol. The molecule has 0 bridgehead atoms. The van der Waals surface area contributed by atoms with Crippen molar-refractivity contribution in [2.24, 2.45) is 0 Å². The summed E-state index contributed by atoms with van der Waals surface area (Å²) in [6.45, 7) is 2.58. The predicted molar refractivity (Wildman–Crippen MR) is 128 cm³/mol. The molecule has 1 N–H and O–H groups in total. The molecule has 1 fully saturated rings. The molecule has 166 valence electrons. The number of carbonyl (C=O) groups is 1. The highest BCUT2D eigenvalue weighted by Crippen LogP contribution is 2.32. The molecule has 0 atom stereocenters. The van der Waals surface area contributed by atoms with Crippen LogP contribution in [-0.2, 0) is 0 Å². The molecule has 1 saturated heterocycles. The molecular formula is C23H24BrN5O3. The number of nitrogens with zero attached hydrogens (tertiary/aromatic N) is 4. The number of halogens is 1. The van der Waals surface area contributed by atoms with E-state index < -0.39 is 0 Å². The lowest BCUT2D eigenvalue weighted by Crippen LogP contribution is -2.50. The Morgan fingerprint density at radius 2 is 1.72 bits per heavy atom. The number of anilines is 2. The van der Waals surface area contributed by atoms with E-state index in [9.17, 15) is 4.79 Å². The Kier molecular flexibility index (Phi) is 6.75. The molecule has 2 amide bonds. The highest BCUT2D eigenvalue weighted by Gasteiger charge is 2.23. The van der Waals surface area contributed by atoms with Gasteiger partial charge in [-0.15, -0.1) is 0 Å². The number of hydrogen-bond donors (Lipinski definition) is 1. The van der Waals surface area contributed by atoms with Crippen LogP contribution in [0.5, 0.6) is 11.5 Å².